The summed E-state index contributed by atoms with van der Waals surface area (Å²) in [6.07, 6.45) is 0. The van der Waals surface area contributed by atoms with Crippen LogP contribution < -0.4 is 5.19 Å². The highest BCUT2D eigenvalue weighted by Gasteiger charge is 2.26. The highest BCUT2D eigenvalue weighted by Crippen LogP contribution is 2.16. The zero-order chi connectivity index (χ0) is 11.9. The van der Waals surface area contributed by atoms with Gasteiger partial charge in [-0.2, -0.15) is 8.42 Å². The van der Waals surface area contributed by atoms with E-state index in [2.05, 4.69) is 19.6 Å². The Labute approximate surface area is 91.9 Å². The molecule has 0 bridgehead atoms. The van der Waals surface area contributed by atoms with Crippen molar-refractivity contribution >= 4 is 23.4 Å². The number of hydrogen-bond donors (Lipinski definition) is 1. The molecule has 0 saturated heterocycles. The van der Waals surface area contributed by atoms with Gasteiger partial charge in [-0.1, -0.05) is 37.8 Å². The summed E-state index contributed by atoms with van der Waals surface area (Å²) in [7, 11) is -5.87. The van der Waals surface area contributed by atoms with Crippen molar-refractivity contribution < 1.29 is 13.0 Å². The molecule has 0 spiro atoms. The molecule has 15 heavy (non-hydrogen) atoms. The second-order valence-corrected chi connectivity index (χ2v) is 11.1. The lowest BCUT2D eigenvalue weighted by atomic mass is 10.2. The molecule has 3 nitrogen and oxygen atoms in total. The van der Waals surface area contributed by atoms with Crippen molar-refractivity contribution in [3.05, 3.63) is 23.8 Å². The lowest BCUT2D eigenvalue weighted by molar-refractivity contribution is 0.483. The maximum Gasteiger partial charge on any atom is 0.294 e. The summed E-state index contributed by atoms with van der Waals surface area (Å²) < 4.78 is 31.8. The number of aryl methyl sites for hydroxylation is 1. The Hall–Kier alpha value is -0.653. The minimum absolute atomic E-state index is 0.101. The minimum atomic E-state index is -4.11. The fourth-order valence-electron chi connectivity index (χ4n) is 1.59. The van der Waals surface area contributed by atoms with Crippen LogP contribution in [0.2, 0.25) is 19.6 Å². The third kappa shape index (κ3) is 2.67. The van der Waals surface area contributed by atoms with Gasteiger partial charge in [0.15, 0.2) is 0 Å². The molecular weight excluding hydrogens is 228 g/mol. The van der Waals surface area contributed by atoms with Crippen LogP contribution in [0.1, 0.15) is 5.56 Å². The van der Waals surface area contributed by atoms with Crippen LogP contribution in [0.4, 0.5) is 0 Å². The molecular formula is C10H16O3SSi. The first-order valence-corrected chi connectivity index (χ1v) is 9.65. The lowest BCUT2D eigenvalue weighted by Gasteiger charge is -2.20. The van der Waals surface area contributed by atoms with E-state index in [0.717, 1.165) is 5.19 Å². The van der Waals surface area contributed by atoms with Gasteiger partial charge < -0.3 is 0 Å². The van der Waals surface area contributed by atoms with Gasteiger partial charge in [-0.3, -0.25) is 4.55 Å². The normalized spacial score (nSPS) is 12.9. The number of benzene rings is 1. The molecule has 5 heteroatoms. The van der Waals surface area contributed by atoms with E-state index in [1.165, 1.54) is 0 Å². The topological polar surface area (TPSA) is 54.4 Å². The predicted molar refractivity (Wildman–Crippen MR) is 64.0 cm³/mol. The lowest BCUT2D eigenvalue weighted by Crippen LogP contribution is -2.41. The summed E-state index contributed by atoms with van der Waals surface area (Å²) in [5.41, 5.74) is 0.609. The molecule has 1 rings (SSSR count). The predicted octanol–water partition coefficient (Wildman–Crippen LogP) is 1.79. The van der Waals surface area contributed by atoms with Crippen molar-refractivity contribution in [2.75, 3.05) is 0 Å². The van der Waals surface area contributed by atoms with E-state index in [0.29, 0.717) is 5.56 Å². The SMILES string of the molecule is Cc1cccc([Si](C)(C)C)c1S(=O)(=O)O. The van der Waals surface area contributed by atoms with E-state index in [9.17, 15) is 13.0 Å². The molecule has 1 aromatic rings. The molecule has 0 radical (unpaired) electrons. The molecule has 1 N–H and O–H groups in total. The molecule has 0 unspecified atom stereocenters. The largest absolute Gasteiger partial charge is 0.294 e. The van der Waals surface area contributed by atoms with Crippen LogP contribution in [0.5, 0.6) is 0 Å². The summed E-state index contributed by atoms with van der Waals surface area (Å²) in [6.45, 7) is 7.86. The fraction of sp³-hybridized carbons (Fsp3) is 0.400. The van der Waals surface area contributed by atoms with E-state index >= 15 is 0 Å². The van der Waals surface area contributed by atoms with Gasteiger partial charge in [0.1, 0.15) is 0 Å². The first kappa shape index (κ1) is 12.4. The number of hydrogen-bond acceptors (Lipinski definition) is 2. The van der Waals surface area contributed by atoms with Crippen LogP contribution in [-0.2, 0) is 10.1 Å². The van der Waals surface area contributed by atoms with E-state index in [1.54, 1.807) is 19.1 Å². The molecule has 0 amide bonds. The van der Waals surface area contributed by atoms with E-state index in [1.807, 2.05) is 6.07 Å². The number of rotatable bonds is 2. The Bertz CT molecular complexity index is 472. The van der Waals surface area contributed by atoms with Crippen LogP contribution in [-0.4, -0.2) is 21.0 Å². The fourth-order valence-corrected chi connectivity index (χ4v) is 5.19. The van der Waals surface area contributed by atoms with Crippen LogP contribution in [0.15, 0.2) is 23.1 Å². The quantitative estimate of drug-likeness (QED) is 0.637. The molecule has 0 atom stereocenters. The Morgan fingerprint density at radius 2 is 1.73 bits per heavy atom. The van der Waals surface area contributed by atoms with E-state index in [4.69, 9.17) is 0 Å². The first-order valence-electron chi connectivity index (χ1n) is 4.71. The van der Waals surface area contributed by atoms with Gasteiger partial charge in [-0.05, 0) is 17.7 Å². The maximum absolute atomic E-state index is 11.3. The zero-order valence-electron chi connectivity index (χ0n) is 9.40. The average molecular weight is 244 g/mol. The summed E-state index contributed by atoms with van der Waals surface area (Å²) >= 11 is 0. The third-order valence-electron chi connectivity index (χ3n) is 2.28. The van der Waals surface area contributed by atoms with Crippen molar-refractivity contribution in [1.29, 1.82) is 0 Å². The van der Waals surface area contributed by atoms with Gasteiger partial charge >= 0.3 is 0 Å². The van der Waals surface area contributed by atoms with Gasteiger partial charge in [0.2, 0.25) is 0 Å². The van der Waals surface area contributed by atoms with Crippen molar-refractivity contribution in [2.45, 2.75) is 31.5 Å². The van der Waals surface area contributed by atoms with Crippen LogP contribution >= 0.6 is 0 Å². The second-order valence-electron chi connectivity index (χ2n) is 4.68. The Morgan fingerprint density at radius 1 is 1.20 bits per heavy atom. The maximum atomic E-state index is 11.3. The van der Waals surface area contributed by atoms with Gasteiger partial charge in [0, 0.05) is 0 Å². The Balaban J connectivity index is 3.63. The Morgan fingerprint density at radius 3 is 2.07 bits per heavy atom. The summed E-state index contributed by atoms with van der Waals surface area (Å²) in [5.74, 6) is 0. The first-order chi connectivity index (χ1) is 6.64. The third-order valence-corrected chi connectivity index (χ3v) is 5.55. The van der Waals surface area contributed by atoms with Crippen molar-refractivity contribution in [2.24, 2.45) is 0 Å². The molecule has 0 heterocycles. The monoisotopic (exact) mass is 244 g/mol. The summed E-state index contributed by atoms with van der Waals surface area (Å²) in [4.78, 5) is 0.101. The van der Waals surface area contributed by atoms with Gasteiger partial charge in [0.05, 0.1) is 13.0 Å². The summed E-state index contributed by atoms with van der Waals surface area (Å²) in [5, 5.41) is 0.782. The van der Waals surface area contributed by atoms with Crippen molar-refractivity contribution in [3.63, 3.8) is 0 Å². The van der Waals surface area contributed by atoms with Gasteiger partial charge in [-0.15, -0.1) is 0 Å². The van der Waals surface area contributed by atoms with E-state index in [-0.39, 0.29) is 4.90 Å². The average Bonchev–Trinajstić information content (AvgIpc) is 1.99. The van der Waals surface area contributed by atoms with Crippen LogP contribution in [0.25, 0.3) is 0 Å². The van der Waals surface area contributed by atoms with Gasteiger partial charge in [0.25, 0.3) is 10.1 Å². The second kappa shape index (κ2) is 3.73. The Kier molecular flexibility index (Phi) is 3.09. The van der Waals surface area contributed by atoms with Crippen molar-refractivity contribution in [1.82, 2.24) is 0 Å². The molecule has 0 aliphatic rings. The molecule has 0 aromatic heterocycles. The highest BCUT2D eigenvalue weighted by atomic mass is 32.2. The zero-order valence-corrected chi connectivity index (χ0v) is 11.2. The van der Waals surface area contributed by atoms with E-state index < -0.39 is 18.2 Å². The van der Waals surface area contributed by atoms with Crippen LogP contribution in [0, 0.1) is 6.92 Å². The molecule has 1 aromatic carbocycles. The molecule has 0 aliphatic carbocycles. The highest BCUT2D eigenvalue weighted by molar-refractivity contribution is 7.86. The standard InChI is InChI=1S/C10H16O3SSi/c1-8-6-5-7-9(15(2,3)4)10(8)14(11,12)13/h5-7H,1-4H3,(H,11,12,13). The molecule has 84 valence electrons. The molecule has 0 fully saturated rings. The van der Waals surface area contributed by atoms with Gasteiger partial charge in [-0.25, -0.2) is 0 Å². The smallest absolute Gasteiger partial charge is 0.282 e. The van der Waals surface area contributed by atoms with Crippen molar-refractivity contribution in [3.8, 4) is 0 Å². The summed E-state index contributed by atoms with van der Waals surface area (Å²) in [6, 6.07) is 5.33. The minimum Gasteiger partial charge on any atom is -0.282 e. The molecule has 0 saturated carbocycles. The molecule has 0 aliphatic heterocycles. The van der Waals surface area contributed by atoms with Crippen LogP contribution in [0.3, 0.4) is 0 Å².